The second-order valence-corrected chi connectivity index (χ2v) is 4.78. The number of amides is 3. The van der Waals surface area contributed by atoms with Crippen molar-refractivity contribution in [3.63, 3.8) is 0 Å². The van der Waals surface area contributed by atoms with E-state index >= 15 is 0 Å². The Morgan fingerprint density at radius 1 is 1.47 bits per heavy atom. The average molecular weight is 272 g/mol. The summed E-state index contributed by atoms with van der Waals surface area (Å²) in [5.74, 6) is 0.171. The van der Waals surface area contributed by atoms with Crippen molar-refractivity contribution in [2.75, 3.05) is 46.4 Å². The molecule has 1 atom stereocenters. The molecule has 3 amide bonds. The number of rotatable bonds is 6. The van der Waals surface area contributed by atoms with Crippen molar-refractivity contribution >= 4 is 11.9 Å². The van der Waals surface area contributed by atoms with Crippen LogP contribution in [0, 0.1) is 5.92 Å². The molecule has 7 heteroatoms. The molecule has 0 aromatic rings. The van der Waals surface area contributed by atoms with E-state index in [1.165, 1.54) is 0 Å². The number of piperidine rings is 1. The SMILES string of the molecule is COCCNC(=O)NC(=O)CN1CCCC(CN)C1. The standard InChI is InChI=1S/C12H24N4O3/c1-19-6-4-14-12(18)15-11(17)9-16-5-2-3-10(7-13)8-16/h10H,2-9,13H2,1H3,(H2,14,15,17,18). The van der Waals surface area contributed by atoms with Gasteiger partial charge >= 0.3 is 6.03 Å². The van der Waals surface area contributed by atoms with Crippen LogP contribution in [0.2, 0.25) is 0 Å². The van der Waals surface area contributed by atoms with E-state index in [-0.39, 0.29) is 12.5 Å². The molecule has 0 spiro atoms. The first-order chi connectivity index (χ1) is 9.15. The van der Waals surface area contributed by atoms with E-state index in [1.54, 1.807) is 7.11 Å². The normalized spacial score (nSPS) is 20.0. The first-order valence-electron chi connectivity index (χ1n) is 6.64. The van der Waals surface area contributed by atoms with Crippen molar-refractivity contribution in [1.82, 2.24) is 15.5 Å². The summed E-state index contributed by atoms with van der Waals surface area (Å²) in [5, 5.41) is 4.84. The highest BCUT2D eigenvalue weighted by atomic mass is 16.5. The third-order valence-corrected chi connectivity index (χ3v) is 3.15. The van der Waals surface area contributed by atoms with Crippen LogP contribution in [0.1, 0.15) is 12.8 Å². The van der Waals surface area contributed by atoms with E-state index in [2.05, 4.69) is 10.6 Å². The van der Waals surface area contributed by atoms with Gasteiger partial charge in [-0.25, -0.2) is 4.79 Å². The van der Waals surface area contributed by atoms with Crippen molar-refractivity contribution < 1.29 is 14.3 Å². The van der Waals surface area contributed by atoms with Crippen LogP contribution in [0.15, 0.2) is 0 Å². The summed E-state index contributed by atoms with van der Waals surface area (Å²) >= 11 is 0. The van der Waals surface area contributed by atoms with Crippen LogP contribution >= 0.6 is 0 Å². The van der Waals surface area contributed by atoms with Crippen molar-refractivity contribution in [3.8, 4) is 0 Å². The summed E-state index contributed by atoms with van der Waals surface area (Å²) in [6.07, 6.45) is 2.17. The van der Waals surface area contributed by atoms with Gasteiger partial charge in [-0.15, -0.1) is 0 Å². The Kier molecular flexibility index (Phi) is 7.39. The Bertz CT molecular complexity index is 299. The van der Waals surface area contributed by atoms with E-state index in [1.807, 2.05) is 4.90 Å². The van der Waals surface area contributed by atoms with Gasteiger partial charge in [0, 0.05) is 20.2 Å². The van der Waals surface area contributed by atoms with Gasteiger partial charge in [0.15, 0.2) is 0 Å². The number of nitrogens with two attached hydrogens (primary N) is 1. The van der Waals surface area contributed by atoms with Gasteiger partial charge in [-0.3, -0.25) is 15.0 Å². The summed E-state index contributed by atoms with van der Waals surface area (Å²) in [6, 6.07) is -0.477. The summed E-state index contributed by atoms with van der Waals surface area (Å²) in [6.45, 7) is 3.41. The van der Waals surface area contributed by atoms with Crippen molar-refractivity contribution in [2.24, 2.45) is 11.7 Å². The van der Waals surface area contributed by atoms with E-state index in [9.17, 15) is 9.59 Å². The first-order valence-corrected chi connectivity index (χ1v) is 6.64. The summed E-state index contributed by atoms with van der Waals surface area (Å²) in [5.41, 5.74) is 5.64. The number of urea groups is 1. The minimum absolute atomic E-state index is 0.244. The van der Waals surface area contributed by atoms with Gasteiger partial charge in [0.05, 0.1) is 13.2 Å². The zero-order valence-corrected chi connectivity index (χ0v) is 11.5. The first kappa shape index (κ1) is 15.9. The molecule has 0 saturated carbocycles. The van der Waals surface area contributed by atoms with E-state index in [4.69, 9.17) is 10.5 Å². The molecular formula is C12H24N4O3. The molecule has 19 heavy (non-hydrogen) atoms. The highest BCUT2D eigenvalue weighted by Gasteiger charge is 2.21. The molecule has 1 rings (SSSR count). The molecule has 0 radical (unpaired) electrons. The van der Waals surface area contributed by atoms with E-state index < -0.39 is 6.03 Å². The number of imide groups is 1. The molecule has 1 unspecified atom stereocenters. The zero-order chi connectivity index (χ0) is 14.1. The third-order valence-electron chi connectivity index (χ3n) is 3.15. The van der Waals surface area contributed by atoms with Gasteiger partial charge in [-0.2, -0.15) is 0 Å². The van der Waals surface area contributed by atoms with Gasteiger partial charge < -0.3 is 15.8 Å². The maximum absolute atomic E-state index is 11.7. The van der Waals surface area contributed by atoms with Crippen LogP contribution in [0.25, 0.3) is 0 Å². The number of carbonyl (C=O) groups excluding carboxylic acids is 2. The highest BCUT2D eigenvalue weighted by Crippen LogP contribution is 2.14. The number of carbonyl (C=O) groups is 2. The zero-order valence-electron chi connectivity index (χ0n) is 11.5. The lowest BCUT2D eigenvalue weighted by atomic mass is 9.98. The topological polar surface area (TPSA) is 96.7 Å². The van der Waals surface area contributed by atoms with E-state index in [0.29, 0.717) is 25.6 Å². The molecule has 0 aromatic carbocycles. The molecule has 110 valence electrons. The average Bonchev–Trinajstić information content (AvgIpc) is 2.39. The summed E-state index contributed by atoms with van der Waals surface area (Å²) in [7, 11) is 1.55. The second kappa shape index (κ2) is 8.84. The largest absolute Gasteiger partial charge is 0.383 e. The highest BCUT2D eigenvalue weighted by molar-refractivity contribution is 5.95. The number of nitrogens with zero attached hydrogens (tertiary/aromatic N) is 1. The fourth-order valence-corrected chi connectivity index (χ4v) is 2.17. The smallest absolute Gasteiger partial charge is 0.321 e. The van der Waals surface area contributed by atoms with Gasteiger partial charge in [-0.05, 0) is 31.8 Å². The lowest BCUT2D eigenvalue weighted by Crippen LogP contribution is -2.47. The number of likely N-dealkylation sites (tertiary alicyclic amines) is 1. The van der Waals surface area contributed by atoms with Crippen LogP contribution in [0.5, 0.6) is 0 Å². The number of hydrogen-bond donors (Lipinski definition) is 3. The predicted octanol–water partition coefficient (Wildman–Crippen LogP) is -0.871. The van der Waals surface area contributed by atoms with Gasteiger partial charge in [-0.1, -0.05) is 0 Å². The number of hydrogen-bond acceptors (Lipinski definition) is 5. The Labute approximate surface area is 113 Å². The van der Waals surface area contributed by atoms with E-state index in [0.717, 1.165) is 25.9 Å². The summed E-state index contributed by atoms with van der Waals surface area (Å²) in [4.78, 5) is 25.1. The third kappa shape index (κ3) is 6.51. The molecule has 1 saturated heterocycles. The molecule has 1 heterocycles. The fraction of sp³-hybridized carbons (Fsp3) is 0.833. The molecule has 0 aliphatic carbocycles. The fourth-order valence-electron chi connectivity index (χ4n) is 2.17. The number of methoxy groups -OCH3 is 1. The van der Waals surface area contributed by atoms with Gasteiger partial charge in [0.1, 0.15) is 0 Å². The lowest BCUT2D eigenvalue weighted by Gasteiger charge is -2.31. The molecule has 4 N–H and O–H groups in total. The monoisotopic (exact) mass is 272 g/mol. The Morgan fingerprint density at radius 2 is 2.26 bits per heavy atom. The predicted molar refractivity (Wildman–Crippen MR) is 71.6 cm³/mol. The van der Waals surface area contributed by atoms with Crippen LogP contribution < -0.4 is 16.4 Å². The van der Waals surface area contributed by atoms with Crippen molar-refractivity contribution in [2.45, 2.75) is 12.8 Å². The lowest BCUT2D eigenvalue weighted by molar-refractivity contribution is -0.121. The Hall–Kier alpha value is -1.18. The Morgan fingerprint density at radius 3 is 2.95 bits per heavy atom. The maximum Gasteiger partial charge on any atom is 0.321 e. The van der Waals surface area contributed by atoms with Crippen molar-refractivity contribution in [3.05, 3.63) is 0 Å². The van der Waals surface area contributed by atoms with Crippen molar-refractivity contribution in [1.29, 1.82) is 0 Å². The molecule has 1 aliphatic heterocycles. The van der Waals surface area contributed by atoms with Crippen LogP contribution in [0.3, 0.4) is 0 Å². The molecule has 0 aromatic heterocycles. The van der Waals surface area contributed by atoms with Gasteiger partial charge in [0.25, 0.3) is 0 Å². The Balaban J connectivity index is 2.21. The minimum Gasteiger partial charge on any atom is -0.383 e. The second-order valence-electron chi connectivity index (χ2n) is 4.78. The molecule has 7 nitrogen and oxygen atoms in total. The van der Waals surface area contributed by atoms with Crippen LogP contribution in [-0.2, 0) is 9.53 Å². The molecule has 1 aliphatic rings. The molecular weight excluding hydrogens is 248 g/mol. The molecule has 0 bridgehead atoms. The summed E-state index contributed by atoms with van der Waals surface area (Å²) < 4.78 is 4.80. The molecule has 1 fully saturated rings. The van der Waals surface area contributed by atoms with Gasteiger partial charge in [0.2, 0.25) is 5.91 Å². The maximum atomic E-state index is 11.7. The van der Waals surface area contributed by atoms with Crippen LogP contribution in [-0.4, -0.2) is 63.3 Å². The number of nitrogens with one attached hydrogen (secondary N) is 2. The van der Waals surface area contributed by atoms with Crippen LogP contribution in [0.4, 0.5) is 4.79 Å². The number of ether oxygens (including phenoxy) is 1. The quantitative estimate of drug-likeness (QED) is 0.546. The minimum atomic E-state index is -0.477.